The lowest BCUT2D eigenvalue weighted by Gasteiger charge is -2.41. The number of aryl methyl sites for hydroxylation is 1. The number of hydrogen-bond acceptors (Lipinski definition) is 4. The standard InChI is InChI=1S/C24H32N2O3/c1-6-23(27)25-17(3)24-20-14-22(29-5)21(28-4)13-18(20)11-12-26(24)15-19-10-8-7-9-16(19)2/h7-10,13-14,17,24H,6,11-12,15H2,1-5H3,(H,25,27)/t17-,24+/m1/s1. The Labute approximate surface area is 174 Å². The first-order valence-corrected chi connectivity index (χ1v) is 10.3. The van der Waals surface area contributed by atoms with E-state index in [1.807, 2.05) is 6.92 Å². The molecule has 0 aromatic heterocycles. The zero-order chi connectivity index (χ0) is 21.0. The fourth-order valence-electron chi connectivity index (χ4n) is 4.23. The summed E-state index contributed by atoms with van der Waals surface area (Å²) in [7, 11) is 3.33. The molecule has 0 spiro atoms. The van der Waals surface area contributed by atoms with Crippen LogP contribution in [-0.4, -0.2) is 37.6 Å². The number of ether oxygens (including phenoxy) is 2. The monoisotopic (exact) mass is 396 g/mol. The molecule has 2 atom stereocenters. The summed E-state index contributed by atoms with van der Waals surface area (Å²) in [5.41, 5.74) is 5.06. The molecule has 29 heavy (non-hydrogen) atoms. The Morgan fingerprint density at radius 1 is 1.21 bits per heavy atom. The smallest absolute Gasteiger partial charge is 0.219 e. The van der Waals surface area contributed by atoms with Crippen LogP contribution in [0.25, 0.3) is 0 Å². The Kier molecular flexibility index (Phi) is 6.80. The maximum Gasteiger partial charge on any atom is 0.219 e. The van der Waals surface area contributed by atoms with Gasteiger partial charge in [0.2, 0.25) is 5.91 Å². The molecule has 1 amide bonds. The van der Waals surface area contributed by atoms with Crippen molar-refractivity contribution < 1.29 is 14.3 Å². The number of fused-ring (bicyclic) bond motifs is 1. The molecule has 5 nitrogen and oxygen atoms in total. The van der Waals surface area contributed by atoms with E-state index in [4.69, 9.17) is 9.47 Å². The molecule has 5 heteroatoms. The van der Waals surface area contributed by atoms with Crippen molar-refractivity contribution in [3.05, 3.63) is 58.7 Å². The lowest BCUT2D eigenvalue weighted by atomic mass is 9.87. The van der Waals surface area contributed by atoms with E-state index in [0.29, 0.717) is 6.42 Å². The summed E-state index contributed by atoms with van der Waals surface area (Å²) in [4.78, 5) is 14.6. The van der Waals surface area contributed by atoms with E-state index in [0.717, 1.165) is 31.0 Å². The van der Waals surface area contributed by atoms with Crippen molar-refractivity contribution in [3.63, 3.8) is 0 Å². The summed E-state index contributed by atoms with van der Waals surface area (Å²) in [5, 5.41) is 3.18. The normalized spacial score (nSPS) is 17.3. The van der Waals surface area contributed by atoms with Gasteiger partial charge in [-0.1, -0.05) is 31.2 Å². The van der Waals surface area contributed by atoms with Crippen molar-refractivity contribution in [1.82, 2.24) is 10.2 Å². The van der Waals surface area contributed by atoms with Gasteiger partial charge in [0, 0.05) is 25.6 Å². The largest absolute Gasteiger partial charge is 0.493 e. The molecule has 1 aliphatic heterocycles. The molecule has 0 bridgehead atoms. The maximum atomic E-state index is 12.1. The van der Waals surface area contributed by atoms with Crippen molar-refractivity contribution in [2.75, 3.05) is 20.8 Å². The quantitative estimate of drug-likeness (QED) is 0.768. The van der Waals surface area contributed by atoms with Gasteiger partial charge in [0.05, 0.1) is 20.3 Å². The Balaban J connectivity index is 2.01. The molecule has 2 aromatic rings. The lowest BCUT2D eigenvalue weighted by molar-refractivity contribution is -0.121. The number of rotatable bonds is 7. The first-order valence-electron chi connectivity index (χ1n) is 10.3. The average Bonchev–Trinajstić information content (AvgIpc) is 2.73. The third-order valence-electron chi connectivity index (χ3n) is 5.84. The molecule has 1 N–H and O–H groups in total. The Bertz CT molecular complexity index is 865. The second kappa shape index (κ2) is 9.31. The van der Waals surface area contributed by atoms with Crippen LogP contribution in [0.15, 0.2) is 36.4 Å². The summed E-state index contributed by atoms with van der Waals surface area (Å²) in [5.74, 6) is 1.55. The summed E-state index contributed by atoms with van der Waals surface area (Å²) in [6.45, 7) is 7.90. The zero-order valence-corrected chi connectivity index (χ0v) is 18.1. The predicted molar refractivity (Wildman–Crippen MR) is 115 cm³/mol. The first kappa shape index (κ1) is 21.2. The van der Waals surface area contributed by atoms with E-state index in [1.165, 1.54) is 22.3 Å². The SMILES string of the molecule is CCC(=O)N[C@H](C)[C@H]1c2cc(OC)c(OC)cc2CCN1Cc1ccccc1C. The van der Waals surface area contributed by atoms with Gasteiger partial charge in [0.1, 0.15) is 0 Å². The molecule has 0 saturated carbocycles. The minimum Gasteiger partial charge on any atom is -0.493 e. The van der Waals surface area contributed by atoms with Gasteiger partial charge in [0.15, 0.2) is 11.5 Å². The van der Waals surface area contributed by atoms with Crippen molar-refractivity contribution in [1.29, 1.82) is 0 Å². The van der Waals surface area contributed by atoms with Gasteiger partial charge in [-0.2, -0.15) is 0 Å². The fraction of sp³-hybridized carbons (Fsp3) is 0.458. The van der Waals surface area contributed by atoms with Crippen LogP contribution >= 0.6 is 0 Å². The lowest BCUT2D eigenvalue weighted by Crippen LogP contribution is -2.47. The molecule has 2 aromatic carbocycles. The number of amides is 1. The number of carbonyl (C=O) groups excluding carboxylic acids is 1. The number of carbonyl (C=O) groups is 1. The van der Waals surface area contributed by atoms with Crippen LogP contribution in [0.4, 0.5) is 0 Å². The van der Waals surface area contributed by atoms with Crippen LogP contribution in [0.3, 0.4) is 0 Å². The van der Waals surface area contributed by atoms with E-state index in [-0.39, 0.29) is 18.0 Å². The molecule has 156 valence electrons. The van der Waals surface area contributed by atoms with Gasteiger partial charge in [0.25, 0.3) is 0 Å². The summed E-state index contributed by atoms with van der Waals surface area (Å²) >= 11 is 0. The Morgan fingerprint density at radius 2 is 1.90 bits per heavy atom. The topological polar surface area (TPSA) is 50.8 Å². The van der Waals surface area contributed by atoms with E-state index >= 15 is 0 Å². The number of nitrogens with one attached hydrogen (secondary N) is 1. The molecular formula is C24H32N2O3. The first-order chi connectivity index (χ1) is 14.0. The van der Waals surface area contributed by atoms with E-state index in [1.54, 1.807) is 14.2 Å². The van der Waals surface area contributed by atoms with Gasteiger partial charge >= 0.3 is 0 Å². The molecule has 0 aliphatic carbocycles. The number of methoxy groups -OCH3 is 2. The van der Waals surface area contributed by atoms with Crippen molar-refractivity contribution in [2.24, 2.45) is 0 Å². The summed E-state index contributed by atoms with van der Waals surface area (Å²) in [6, 6.07) is 12.7. The van der Waals surface area contributed by atoms with Gasteiger partial charge in [-0.15, -0.1) is 0 Å². The Hall–Kier alpha value is -2.53. The minimum absolute atomic E-state index is 0.0244. The molecule has 3 rings (SSSR count). The highest BCUT2D eigenvalue weighted by Crippen LogP contribution is 2.40. The highest BCUT2D eigenvalue weighted by Gasteiger charge is 2.33. The van der Waals surface area contributed by atoms with Gasteiger partial charge in [-0.3, -0.25) is 9.69 Å². The van der Waals surface area contributed by atoms with E-state index < -0.39 is 0 Å². The zero-order valence-electron chi connectivity index (χ0n) is 18.1. The molecular weight excluding hydrogens is 364 g/mol. The third kappa shape index (κ3) is 4.56. The average molecular weight is 397 g/mol. The molecule has 1 aliphatic rings. The minimum atomic E-state index is -0.0244. The predicted octanol–water partition coefficient (Wildman–Crippen LogP) is 4.03. The van der Waals surface area contributed by atoms with Crippen molar-refractivity contribution in [2.45, 2.75) is 52.2 Å². The van der Waals surface area contributed by atoms with Crippen molar-refractivity contribution >= 4 is 5.91 Å². The molecule has 0 unspecified atom stereocenters. The number of nitrogens with zero attached hydrogens (tertiary/aromatic N) is 1. The van der Waals surface area contributed by atoms with Crippen molar-refractivity contribution in [3.8, 4) is 11.5 Å². The van der Waals surface area contributed by atoms with Gasteiger partial charge in [-0.25, -0.2) is 0 Å². The summed E-state index contributed by atoms with van der Waals surface area (Å²) < 4.78 is 11.1. The van der Waals surface area contributed by atoms with Crippen LogP contribution in [0.5, 0.6) is 11.5 Å². The van der Waals surface area contributed by atoms with Crippen LogP contribution in [0.2, 0.25) is 0 Å². The molecule has 0 saturated heterocycles. The molecule has 0 fully saturated rings. The third-order valence-corrected chi connectivity index (χ3v) is 5.84. The van der Waals surface area contributed by atoms with Crippen LogP contribution in [0, 0.1) is 6.92 Å². The fourth-order valence-corrected chi connectivity index (χ4v) is 4.23. The highest BCUT2D eigenvalue weighted by atomic mass is 16.5. The molecule has 1 heterocycles. The Morgan fingerprint density at radius 3 is 2.55 bits per heavy atom. The second-order valence-corrected chi connectivity index (χ2v) is 7.71. The van der Waals surface area contributed by atoms with Gasteiger partial charge in [-0.05, 0) is 54.7 Å². The molecule has 0 radical (unpaired) electrons. The van der Waals surface area contributed by atoms with Crippen LogP contribution in [-0.2, 0) is 17.8 Å². The highest BCUT2D eigenvalue weighted by molar-refractivity contribution is 5.76. The van der Waals surface area contributed by atoms with Crippen LogP contribution in [0.1, 0.15) is 48.6 Å². The van der Waals surface area contributed by atoms with E-state index in [9.17, 15) is 4.79 Å². The van der Waals surface area contributed by atoms with Gasteiger partial charge < -0.3 is 14.8 Å². The van der Waals surface area contributed by atoms with E-state index in [2.05, 4.69) is 60.5 Å². The maximum absolute atomic E-state index is 12.1. The summed E-state index contributed by atoms with van der Waals surface area (Å²) in [6.07, 6.45) is 1.42. The number of hydrogen-bond donors (Lipinski definition) is 1. The van der Waals surface area contributed by atoms with Crippen LogP contribution < -0.4 is 14.8 Å². The second-order valence-electron chi connectivity index (χ2n) is 7.71. The number of benzene rings is 2.